The number of rotatable bonds is 6. The van der Waals surface area contributed by atoms with Crippen molar-refractivity contribution in [3.63, 3.8) is 0 Å². The summed E-state index contributed by atoms with van der Waals surface area (Å²) in [6.07, 6.45) is 10.1. The molecule has 0 radical (unpaired) electrons. The van der Waals surface area contributed by atoms with E-state index in [0.717, 1.165) is 11.5 Å². The predicted molar refractivity (Wildman–Crippen MR) is 95.4 cm³/mol. The summed E-state index contributed by atoms with van der Waals surface area (Å²) < 4.78 is 0. The van der Waals surface area contributed by atoms with Crippen molar-refractivity contribution in [1.82, 2.24) is 4.90 Å². The molecular formula is C21H31NO. The first-order chi connectivity index (χ1) is 11.2. The highest BCUT2D eigenvalue weighted by Crippen LogP contribution is 2.38. The lowest BCUT2D eigenvalue weighted by molar-refractivity contribution is -0.136. The third-order valence-electron chi connectivity index (χ3n) is 5.77. The molecule has 0 N–H and O–H groups in total. The van der Waals surface area contributed by atoms with Crippen molar-refractivity contribution in [2.24, 2.45) is 5.92 Å². The molecule has 2 saturated carbocycles. The Balaban J connectivity index is 1.66. The fourth-order valence-corrected chi connectivity index (χ4v) is 4.24. The first-order valence-corrected chi connectivity index (χ1v) is 9.57. The summed E-state index contributed by atoms with van der Waals surface area (Å²) in [6, 6.07) is 11.3. The van der Waals surface area contributed by atoms with E-state index < -0.39 is 0 Å². The molecule has 1 atom stereocenters. The van der Waals surface area contributed by atoms with E-state index in [1.807, 2.05) is 18.2 Å². The minimum absolute atomic E-state index is 0.00911. The van der Waals surface area contributed by atoms with Gasteiger partial charge in [0.2, 0.25) is 5.91 Å². The second kappa shape index (κ2) is 7.51. The monoisotopic (exact) mass is 313 g/mol. The fourth-order valence-electron chi connectivity index (χ4n) is 4.24. The number of carbonyl (C=O) groups is 1. The van der Waals surface area contributed by atoms with Gasteiger partial charge in [0.1, 0.15) is 0 Å². The summed E-state index contributed by atoms with van der Waals surface area (Å²) >= 11 is 0. The average molecular weight is 313 g/mol. The first kappa shape index (κ1) is 16.5. The summed E-state index contributed by atoms with van der Waals surface area (Å²) in [6.45, 7) is 4.36. The summed E-state index contributed by atoms with van der Waals surface area (Å²) in [4.78, 5) is 15.4. The van der Waals surface area contributed by atoms with E-state index in [-0.39, 0.29) is 5.92 Å². The summed E-state index contributed by atoms with van der Waals surface area (Å²) in [5.74, 6) is 1.25. The number of carbonyl (C=O) groups excluding carboxylic acids is 1. The Labute approximate surface area is 141 Å². The second-order valence-electron chi connectivity index (χ2n) is 7.57. The smallest absolute Gasteiger partial charge is 0.230 e. The van der Waals surface area contributed by atoms with Gasteiger partial charge in [-0.1, -0.05) is 50.1 Å². The lowest BCUT2D eigenvalue weighted by atomic mass is 9.82. The summed E-state index contributed by atoms with van der Waals surface area (Å²) in [5, 5.41) is 0. The highest BCUT2D eigenvalue weighted by molar-refractivity contribution is 5.84. The number of nitrogens with zero attached hydrogens (tertiary/aromatic N) is 1. The maximum atomic E-state index is 13.2. The Morgan fingerprint density at radius 1 is 1.04 bits per heavy atom. The normalized spacial score (nSPS) is 25.8. The molecule has 2 nitrogen and oxygen atoms in total. The molecule has 2 aliphatic rings. The molecule has 0 heterocycles. The lowest BCUT2D eigenvalue weighted by Crippen LogP contribution is -2.45. The van der Waals surface area contributed by atoms with E-state index in [1.165, 1.54) is 51.4 Å². The van der Waals surface area contributed by atoms with Gasteiger partial charge in [-0.25, -0.2) is 0 Å². The Bertz CT molecular complexity index is 500. The third kappa shape index (κ3) is 3.97. The molecule has 1 unspecified atom stereocenters. The molecule has 126 valence electrons. The van der Waals surface area contributed by atoms with Crippen LogP contribution >= 0.6 is 0 Å². The van der Waals surface area contributed by atoms with E-state index in [4.69, 9.17) is 0 Å². The zero-order valence-electron chi connectivity index (χ0n) is 14.7. The highest BCUT2D eigenvalue weighted by atomic mass is 16.2. The Kier molecular flexibility index (Phi) is 5.40. The van der Waals surface area contributed by atoms with Gasteiger partial charge < -0.3 is 4.90 Å². The predicted octanol–water partition coefficient (Wildman–Crippen LogP) is 5.14. The Morgan fingerprint density at radius 2 is 1.61 bits per heavy atom. The molecule has 2 aliphatic carbocycles. The number of amides is 1. The van der Waals surface area contributed by atoms with Crippen LogP contribution in [0.3, 0.4) is 0 Å². The minimum Gasteiger partial charge on any atom is -0.336 e. The Morgan fingerprint density at radius 3 is 2.13 bits per heavy atom. The van der Waals surface area contributed by atoms with Crippen molar-refractivity contribution in [3.8, 4) is 0 Å². The minimum atomic E-state index is -0.00911. The fraction of sp³-hybridized carbons (Fsp3) is 0.667. The molecule has 0 saturated heterocycles. The van der Waals surface area contributed by atoms with Gasteiger partial charge in [-0.05, 0) is 56.9 Å². The van der Waals surface area contributed by atoms with Gasteiger partial charge >= 0.3 is 0 Å². The van der Waals surface area contributed by atoms with Crippen molar-refractivity contribution < 1.29 is 4.79 Å². The van der Waals surface area contributed by atoms with Gasteiger partial charge in [0.25, 0.3) is 0 Å². The van der Waals surface area contributed by atoms with Crippen LogP contribution in [0.1, 0.15) is 76.7 Å². The Hall–Kier alpha value is -1.31. The van der Waals surface area contributed by atoms with Gasteiger partial charge in [0.05, 0.1) is 5.92 Å². The van der Waals surface area contributed by atoms with Crippen LogP contribution in [0.15, 0.2) is 30.3 Å². The van der Waals surface area contributed by atoms with Crippen molar-refractivity contribution >= 4 is 5.91 Å². The van der Waals surface area contributed by atoms with Crippen molar-refractivity contribution in [2.45, 2.75) is 83.2 Å². The molecule has 0 bridgehead atoms. The van der Waals surface area contributed by atoms with E-state index in [9.17, 15) is 4.79 Å². The zero-order chi connectivity index (χ0) is 16.2. The standard InChI is InChI=1S/C21H31NO/c1-3-7-17-10-12-19(13-11-17)22(20-14-15-20)21(23)16(2)18-8-5-4-6-9-18/h4-6,8-9,16-17,19-20H,3,7,10-15H2,1-2H3. The van der Waals surface area contributed by atoms with Crippen molar-refractivity contribution in [1.29, 1.82) is 0 Å². The third-order valence-corrected chi connectivity index (χ3v) is 5.77. The van der Waals surface area contributed by atoms with E-state index in [0.29, 0.717) is 18.0 Å². The van der Waals surface area contributed by atoms with Crippen LogP contribution in [0, 0.1) is 5.92 Å². The number of hydrogen-bond acceptors (Lipinski definition) is 1. The van der Waals surface area contributed by atoms with Gasteiger partial charge in [0, 0.05) is 12.1 Å². The lowest BCUT2D eigenvalue weighted by Gasteiger charge is -2.38. The molecule has 1 aromatic rings. The molecule has 1 aromatic carbocycles. The van der Waals surface area contributed by atoms with Gasteiger partial charge in [-0.3, -0.25) is 4.79 Å². The molecule has 3 rings (SSSR count). The van der Waals surface area contributed by atoms with Crippen LogP contribution in [-0.2, 0) is 4.79 Å². The molecule has 0 aliphatic heterocycles. The zero-order valence-corrected chi connectivity index (χ0v) is 14.7. The molecule has 1 amide bonds. The van der Waals surface area contributed by atoms with Crippen molar-refractivity contribution in [3.05, 3.63) is 35.9 Å². The van der Waals surface area contributed by atoms with Crippen LogP contribution in [0.25, 0.3) is 0 Å². The summed E-state index contributed by atoms with van der Waals surface area (Å²) in [5.41, 5.74) is 1.16. The molecule has 2 heteroatoms. The SMILES string of the molecule is CCCC1CCC(N(C(=O)C(C)c2ccccc2)C2CC2)CC1. The first-order valence-electron chi connectivity index (χ1n) is 9.57. The van der Waals surface area contributed by atoms with Gasteiger partial charge in [-0.15, -0.1) is 0 Å². The van der Waals surface area contributed by atoms with Crippen molar-refractivity contribution in [2.75, 3.05) is 0 Å². The van der Waals surface area contributed by atoms with Crippen LogP contribution in [-0.4, -0.2) is 22.9 Å². The maximum Gasteiger partial charge on any atom is 0.230 e. The number of benzene rings is 1. The van der Waals surface area contributed by atoms with Crippen LogP contribution in [0.5, 0.6) is 0 Å². The molecule has 0 spiro atoms. The van der Waals surface area contributed by atoms with Crippen LogP contribution in [0.4, 0.5) is 0 Å². The molecular weight excluding hydrogens is 282 g/mol. The van der Waals surface area contributed by atoms with E-state index >= 15 is 0 Å². The topological polar surface area (TPSA) is 20.3 Å². The quantitative estimate of drug-likeness (QED) is 0.712. The number of hydrogen-bond donors (Lipinski definition) is 0. The average Bonchev–Trinajstić information content (AvgIpc) is 3.42. The van der Waals surface area contributed by atoms with Gasteiger partial charge in [-0.2, -0.15) is 0 Å². The second-order valence-corrected chi connectivity index (χ2v) is 7.57. The van der Waals surface area contributed by atoms with E-state index in [2.05, 4.69) is 30.9 Å². The largest absolute Gasteiger partial charge is 0.336 e. The van der Waals surface area contributed by atoms with E-state index in [1.54, 1.807) is 0 Å². The highest BCUT2D eigenvalue weighted by Gasteiger charge is 2.40. The van der Waals surface area contributed by atoms with Crippen LogP contribution < -0.4 is 0 Å². The molecule has 0 aromatic heterocycles. The van der Waals surface area contributed by atoms with Gasteiger partial charge in [0.15, 0.2) is 0 Å². The summed E-state index contributed by atoms with van der Waals surface area (Å²) in [7, 11) is 0. The molecule has 23 heavy (non-hydrogen) atoms. The van der Waals surface area contributed by atoms with Crippen LogP contribution in [0.2, 0.25) is 0 Å². The maximum absolute atomic E-state index is 13.2. The molecule has 2 fully saturated rings.